The van der Waals surface area contributed by atoms with Crippen LogP contribution in [-0.4, -0.2) is 20.9 Å². The summed E-state index contributed by atoms with van der Waals surface area (Å²) >= 11 is 3.02. The van der Waals surface area contributed by atoms with Crippen molar-refractivity contribution in [1.29, 1.82) is 0 Å². The summed E-state index contributed by atoms with van der Waals surface area (Å²) in [7, 11) is 1.53. The van der Waals surface area contributed by atoms with E-state index in [0.717, 1.165) is 6.07 Å². The molecule has 0 spiro atoms. The predicted octanol–water partition coefficient (Wildman–Crippen LogP) is 2.74. The molecule has 0 amide bonds. The number of hydrogen-bond donors (Lipinski definition) is 1. The number of aromatic nitrogens is 2. The molecule has 106 valence electrons. The third-order valence-electron chi connectivity index (χ3n) is 2.62. The maximum absolute atomic E-state index is 13.5. The van der Waals surface area contributed by atoms with Crippen LogP contribution in [0, 0.1) is 11.6 Å². The van der Waals surface area contributed by atoms with Gasteiger partial charge in [-0.15, -0.1) is 0 Å². The van der Waals surface area contributed by atoms with Crippen LogP contribution in [-0.2, 0) is 13.7 Å². The lowest BCUT2D eigenvalue weighted by Gasteiger charge is -2.09. The lowest BCUT2D eigenvalue weighted by atomic mass is 10.2. The van der Waals surface area contributed by atoms with Gasteiger partial charge in [0, 0.05) is 11.5 Å². The highest BCUT2D eigenvalue weighted by Crippen LogP contribution is 2.26. The fraction of sp³-hybridized carbons (Fsp3) is 0.167. The summed E-state index contributed by atoms with van der Waals surface area (Å²) in [6, 6.07) is 2.23. The van der Waals surface area contributed by atoms with Crippen molar-refractivity contribution in [1.82, 2.24) is 9.78 Å². The molecule has 2 aromatic rings. The fourth-order valence-electron chi connectivity index (χ4n) is 1.60. The number of aryl methyl sites for hydroxylation is 1. The van der Waals surface area contributed by atoms with Crippen LogP contribution >= 0.6 is 15.9 Å². The molecular weight excluding hydrogens is 338 g/mol. The molecule has 1 N–H and O–H groups in total. The van der Waals surface area contributed by atoms with Gasteiger partial charge in [0.15, 0.2) is 11.6 Å². The van der Waals surface area contributed by atoms with E-state index in [1.54, 1.807) is 0 Å². The van der Waals surface area contributed by atoms with E-state index in [2.05, 4.69) is 21.0 Å². The molecule has 1 aromatic heterocycles. The molecule has 0 atom stereocenters. The molecule has 20 heavy (non-hydrogen) atoms. The molecule has 0 aliphatic carbocycles. The van der Waals surface area contributed by atoms with Gasteiger partial charge in [0.05, 0.1) is 11.9 Å². The van der Waals surface area contributed by atoms with Crippen LogP contribution in [0.15, 0.2) is 22.8 Å². The highest BCUT2D eigenvalue weighted by atomic mass is 79.9. The van der Waals surface area contributed by atoms with E-state index in [0.29, 0.717) is 4.47 Å². The average Bonchev–Trinajstić information content (AvgIpc) is 2.73. The van der Waals surface area contributed by atoms with Crippen molar-refractivity contribution in [3.05, 3.63) is 45.7 Å². The van der Waals surface area contributed by atoms with E-state index < -0.39 is 17.6 Å². The summed E-state index contributed by atoms with van der Waals surface area (Å²) in [5.74, 6) is -3.67. The van der Waals surface area contributed by atoms with E-state index >= 15 is 0 Å². The molecule has 1 aromatic carbocycles. The van der Waals surface area contributed by atoms with Gasteiger partial charge in [0.25, 0.3) is 0 Å². The Morgan fingerprint density at radius 3 is 2.85 bits per heavy atom. The predicted molar refractivity (Wildman–Crippen MR) is 68.6 cm³/mol. The van der Waals surface area contributed by atoms with Crippen molar-refractivity contribution in [3.8, 4) is 5.75 Å². The number of benzene rings is 1. The van der Waals surface area contributed by atoms with Gasteiger partial charge in [-0.25, -0.2) is 9.18 Å². The Morgan fingerprint density at radius 2 is 2.20 bits per heavy atom. The molecule has 0 saturated heterocycles. The smallest absolute Gasteiger partial charge is 0.339 e. The molecular formula is C12H9BrF2N2O3. The largest absolute Gasteiger partial charge is 0.484 e. The van der Waals surface area contributed by atoms with Gasteiger partial charge in [-0.2, -0.15) is 9.49 Å². The first-order chi connectivity index (χ1) is 9.40. The second kappa shape index (κ2) is 5.58. The van der Waals surface area contributed by atoms with Crippen molar-refractivity contribution in [3.63, 3.8) is 0 Å². The molecule has 0 aliphatic heterocycles. The molecule has 0 unspecified atom stereocenters. The monoisotopic (exact) mass is 346 g/mol. The maximum atomic E-state index is 13.5. The minimum absolute atomic E-state index is 0.0524. The fourth-order valence-corrected chi connectivity index (χ4v) is 2.01. The van der Waals surface area contributed by atoms with Crippen LogP contribution in [0.25, 0.3) is 0 Å². The summed E-state index contributed by atoms with van der Waals surface area (Å²) in [5, 5.41) is 12.8. The van der Waals surface area contributed by atoms with Gasteiger partial charge in [0.2, 0.25) is 5.82 Å². The van der Waals surface area contributed by atoms with Crippen molar-refractivity contribution >= 4 is 21.9 Å². The van der Waals surface area contributed by atoms with E-state index in [-0.39, 0.29) is 23.6 Å². The van der Waals surface area contributed by atoms with Crippen LogP contribution in [0.3, 0.4) is 0 Å². The van der Waals surface area contributed by atoms with Crippen LogP contribution < -0.4 is 4.74 Å². The van der Waals surface area contributed by atoms with E-state index in [1.165, 1.54) is 24.0 Å². The zero-order chi connectivity index (χ0) is 14.9. The van der Waals surface area contributed by atoms with Crippen LogP contribution in [0.4, 0.5) is 8.78 Å². The Labute approximate surface area is 120 Å². The second-order valence-electron chi connectivity index (χ2n) is 3.92. The SMILES string of the molecule is Cn1ncc(C(=O)O)c1COc1cc(Br)cc(F)c1F. The van der Waals surface area contributed by atoms with Crippen LogP contribution in [0.5, 0.6) is 5.75 Å². The van der Waals surface area contributed by atoms with E-state index in [9.17, 15) is 13.6 Å². The first-order valence-corrected chi connectivity index (χ1v) is 6.21. The first-order valence-electron chi connectivity index (χ1n) is 5.41. The van der Waals surface area contributed by atoms with Crippen molar-refractivity contribution < 1.29 is 23.4 Å². The van der Waals surface area contributed by atoms with Crippen LogP contribution in [0.2, 0.25) is 0 Å². The van der Waals surface area contributed by atoms with Gasteiger partial charge in [-0.1, -0.05) is 15.9 Å². The Kier molecular flexibility index (Phi) is 4.03. The number of ether oxygens (including phenoxy) is 1. The normalized spacial score (nSPS) is 10.6. The van der Waals surface area contributed by atoms with E-state index in [4.69, 9.17) is 9.84 Å². The number of nitrogens with zero attached hydrogens (tertiary/aromatic N) is 2. The minimum atomic E-state index is -1.17. The third-order valence-corrected chi connectivity index (χ3v) is 3.07. The summed E-state index contributed by atoms with van der Waals surface area (Å²) in [4.78, 5) is 11.0. The van der Waals surface area contributed by atoms with Crippen molar-refractivity contribution in [2.45, 2.75) is 6.61 Å². The molecule has 1 heterocycles. The molecule has 0 radical (unpaired) electrons. The quantitative estimate of drug-likeness (QED) is 0.864. The zero-order valence-electron chi connectivity index (χ0n) is 10.2. The number of carboxylic acid groups (broad SMARTS) is 1. The Morgan fingerprint density at radius 1 is 1.50 bits per heavy atom. The number of carbonyl (C=O) groups is 1. The number of carboxylic acids is 1. The summed E-state index contributed by atoms with van der Waals surface area (Å²) in [5.41, 5.74) is 0.195. The third kappa shape index (κ3) is 2.79. The molecule has 0 aliphatic rings. The van der Waals surface area contributed by atoms with Gasteiger partial charge in [-0.05, 0) is 12.1 Å². The highest BCUT2D eigenvalue weighted by molar-refractivity contribution is 9.10. The Balaban J connectivity index is 2.26. The summed E-state index contributed by atoms with van der Waals surface area (Å²) in [6.45, 7) is -0.245. The Bertz CT molecular complexity index is 673. The molecule has 5 nitrogen and oxygen atoms in total. The van der Waals surface area contributed by atoms with Gasteiger partial charge in [0.1, 0.15) is 12.2 Å². The second-order valence-corrected chi connectivity index (χ2v) is 4.84. The highest BCUT2D eigenvalue weighted by Gasteiger charge is 2.17. The lowest BCUT2D eigenvalue weighted by Crippen LogP contribution is -2.09. The van der Waals surface area contributed by atoms with E-state index in [1.807, 2.05) is 0 Å². The number of halogens is 3. The number of hydrogen-bond acceptors (Lipinski definition) is 3. The topological polar surface area (TPSA) is 64.4 Å². The standard InChI is InChI=1S/C12H9BrF2N2O3/c1-17-9(7(4-16-17)12(18)19)5-20-10-3-6(13)2-8(14)11(10)15/h2-4H,5H2,1H3,(H,18,19). The maximum Gasteiger partial charge on any atom is 0.339 e. The molecule has 0 bridgehead atoms. The van der Waals surface area contributed by atoms with Crippen molar-refractivity contribution in [2.24, 2.45) is 7.05 Å². The summed E-state index contributed by atoms with van der Waals surface area (Å²) in [6.07, 6.45) is 1.17. The van der Waals surface area contributed by atoms with Gasteiger partial charge < -0.3 is 9.84 Å². The zero-order valence-corrected chi connectivity index (χ0v) is 11.8. The first kappa shape index (κ1) is 14.4. The number of rotatable bonds is 4. The lowest BCUT2D eigenvalue weighted by molar-refractivity contribution is 0.0693. The molecule has 2 rings (SSSR count). The molecule has 0 fully saturated rings. The average molecular weight is 347 g/mol. The minimum Gasteiger partial charge on any atom is -0.484 e. The van der Waals surface area contributed by atoms with Gasteiger partial charge in [-0.3, -0.25) is 4.68 Å². The molecule has 8 heteroatoms. The van der Waals surface area contributed by atoms with Crippen molar-refractivity contribution in [2.75, 3.05) is 0 Å². The number of aromatic carboxylic acids is 1. The Hall–Kier alpha value is -1.96. The van der Waals surface area contributed by atoms with Gasteiger partial charge >= 0.3 is 5.97 Å². The van der Waals surface area contributed by atoms with Crippen LogP contribution in [0.1, 0.15) is 16.1 Å². The summed E-state index contributed by atoms with van der Waals surface area (Å²) < 4.78 is 33.5. The molecule has 0 saturated carbocycles.